The van der Waals surface area contributed by atoms with Gasteiger partial charge in [0.1, 0.15) is 23.9 Å². The van der Waals surface area contributed by atoms with Crippen molar-refractivity contribution in [2.24, 2.45) is 0 Å². The topological polar surface area (TPSA) is 76.1 Å². The maximum absolute atomic E-state index is 12.2. The zero-order chi connectivity index (χ0) is 20.6. The minimum Gasteiger partial charge on any atom is -0.489 e. The van der Waals surface area contributed by atoms with Crippen LogP contribution in [0.4, 0.5) is 17.2 Å². The van der Waals surface area contributed by atoms with Gasteiger partial charge in [0, 0.05) is 11.4 Å². The van der Waals surface area contributed by atoms with E-state index < -0.39 is 0 Å². The quantitative estimate of drug-likeness (QED) is 0.457. The largest absolute Gasteiger partial charge is 0.489 e. The van der Waals surface area contributed by atoms with Crippen molar-refractivity contribution in [3.63, 3.8) is 0 Å². The predicted molar refractivity (Wildman–Crippen MR) is 117 cm³/mol. The summed E-state index contributed by atoms with van der Waals surface area (Å²) in [5.41, 5.74) is 2.92. The summed E-state index contributed by atoms with van der Waals surface area (Å²) >= 11 is 0. The van der Waals surface area contributed by atoms with Crippen LogP contribution in [0, 0.1) is 0 Å². The smallest absolute Gasteiger partial charge is 0.275 e. The van der Waals surface area contributed by atoms with Crippen molar-refractivity contribution in [1.82, 2.24) is 9.97 Å². The van der Waals surface area contributed by atoms with Gasteiger partial charge in [-0.25, -0.2) is 9.97 Å². The van der Waals surface area contributed by atoms with E-state index in [2.05, 4.69) is 20.6 Å². The van der Waals surface area contributed by atoms with Crippen molar-refractivity contribution < 1.29 is 9.53 Å². The summed E-state index contributed by atoms with van der Waals surface area (Å²) in [4.78, 5) is 20.7. The third kappa shape index (κ3) is 5.20. The molecule has 0 saturated heterocycles. The zero-order valence-electron chi connectivity index (χ0n) is 16.2. The van der Waals surface area contributed by atoms with Gasteiger partial charge in [0.2, 0.25) is 0 Å². The van der Waals surface area contributed by atoms with E-state index in [1.165, 1.54) is 12.4 Å². The number of rotatable bonds is 7. The number of carbonyl (C=O) groups is 1. The molecule has 0 unspecified atom stereocenters. The molecule has 4 rings (SSSR count). The molecule has 0 spiro atoms. The van der Waals surface area contributed by atoms with Gasteiger partial charge in [-0.2, -0.15) is 0 Å². The Morgan fingerprint density at radius 3 is 2.13 bits per heavy atom. The Hall–Kier alpha value is -4.19. The van der Waals surface area contributed by atoms with Gasteiger partial charge in [-0.05, 0) is 42.0 Å². The molecule has 0 aliphatic rings. The molecule has 0 atom stereocenters. The third-order valence-electron chi connectivity index (χ3n) is 4.29. The second-order valence-corrected chi connectivity index (χ2v) is 6.53. The second-order valence-electron chi connectivity index (χ2n) is 6.53. The fraction of sp³-hybridized carbons (Fsp3) is 0.0417. The first-order chi connectivity index (χ1) is 14.8. The minimum atomic E-state index is -0.305. The number of hydrogen-bond acceptors (Lipinski definition) is 5. The molecule has 2 N–H and O–H groups in total. The lowest BCUT2D eigenvalue weighted by Crippen LogP contribution is -2.14. The lowest BCUT2D eigenvalue weighted by Gasteiger charge is -2.09. The molecular formula is C24H20N4O2. The molecule has 1 heterocycles. The Bertz CT molecular complexity index is 1080. The molecule has 1 amide bonds. The number of benzene rings is 3. The van der Waals surface area contributed by atoms with Crippen molar-refractivity contribution >= 4 is 23.1 Å². The van der Waals surface area contributed by atoms with Gasteiger partial charge in [0.25, 0.3) is 5.91 Å². The Kier molecular flexibility index (Phi) is 5.96. The summed E-state index contributed by atoms with van der Waals surface area (Å²) in [6, 6.07) is 26.8. The number of anilines is 3. The van der Waals surface area contributed by atoms with E-state index in [1.807, 2.05) is 84.9 Å². The van der Waals surface area contributed by atoms with Crippen LogP contribution in [0.15, 0.2) is 97.3 Å². The van der Waals surface area contributed by atoms with E-state index >= 15 is 0 Å². The van der Waals surface area contributed by atoms with Crippen LogP contribution in [0.25, 0.3) is 0 Å². The molecule has 0 fully saturated rings. The van der Waals surface area contributed by atoms with Gasteiger partial charge in [-0.3, -0.25) is 4.79 Å². The molecule has 0 radical (unpaired) electrons. The highest BCUT2D eigenvalue weighted by molar-refractivity contribution is 6.02. The van der Waals surface area contributed by atoms with Gasteiger partial charge in [-0.1, -0.05) is 48.5 Å². The molecule has 148 valence electrons. The Labute approximate surface area is 174 Å². The lowest BCUT2D eigenvalue weighted by molar-refractivity contribution is 0.102. The molecule has 0 bridgehead atoms. The molecule has 6 heteroatoms. The van der Waals surface area contributed by atoms with Crippen LogP contribution in [0.5, 0.6) is 5.75 Å². The standard InChI is InChI=1S/C24H20N4O2/c29-24(28-19-9-5-2-6-10-19)22-15-26-23(16-25-22)27-20-11-13-21(14-12-20)30-17-18-7-3-1-4-8-18/h1-16H,17H2,(H,26,27)(H,28,29). The monoisotopic (exact) mass is 396 g/mol. The number of ether oxygens (including phenoxy) is 1. The summed E-state index contributed by atoms with van der Waals surface area (Å²) < 4.78 is 5.79. The molecule has 30 heavy (non-hydrogen) atoms. The molecule has 3 aromatic carbocycles. The lowest BCUT2D eigenvalue weighted by atomic mass is 10.2. The highest BCUT2D eigenvalue weighted by Crippen LogP contribution is 2.19. The maximum Gasteiger partial charge on any atom is 0.275 e. The van der Waals surface area contributed by atoms with Gasteiger partial charge >= 0.3 is 0 Å². The number of amides is 1. The van der Waals surface area contributed by atoms with Gasteiger partial charge in [0.15, 0.2) is 0 Å². The molecule has 0 saturated carbocycles. The number of para-hydroxylation sites is 1. The molecular weight excluding hydrogens is 376 g/mol. The fourth-order valence-electron chi connectivity index (χ4n) is 2.75. The first-order valence-electron chi connectivity index (χ1n) is 9.48. The molecule has 0 aliphatic carbocycles. The number of carbonyl (C=O) groups excluding carboxylic acids is 1. The van der Waals surface area contributed by atoms with Gasteiger partial charge in [0.05, 0.1) is 12.4 Å². The highest BCUT2D eigenvalue weighted by Gasteiger charge is 2.08. The van der Waals surface area contributed by atoms with Crippen LogP contribution in [-0.2, 0) is 6.61 Å². The summed E-state index contributed by atoms with van der Waals surface area (Å²) in [5.74, 6) is 1.02. The van der Waals surface area contributed by atoms with E-state index in [1.54, 1.807) is 0 Å². The van der Waals surface area contributed by atoms with Crippen LogP contribution >= 0.6 is 0 Å². The van der Waals surface area contributed by atoms with Crippen LogP contribution in [0.3, 0.4) is 0 Å². The first-order valence-corrected chi connectivity index (χ1v) is 9.48. The average Bonchev–Trinajstić information content (AvgIpc) is 2.80. The Morgan fingerprint density at radius 2 is 1.47 bits per heavy atom. The molecule has 4 aromatic rings. The fourth-order valence-corrected chi connectivity index (χ4v) is 2.75. The Balaban J connectivity index is 1.32. The summed E-state index contributed by atoms with van der Waals surface area (Å²) in [6.45, 7) is 0.519. The summed E-state index contributed by atoms with van der Waals surface area (Å²) in [6.07, 6.45) is 2.97. The predicted octanol–water partition coefficient (Wildman–Crippen LogP) is 5.05. The van der Waals surface area contributed by atoms with Crippen LogP contribution in [0.1, 0.15) is 16.1 Å². The van der Waals surface area contributed by atoms with Gasteiger partial charge < -0.3 is 15.4 Å². The van der Waals surface area contributed by atoms with Crippen molar-refractivity contribution in [1.29, 1.82) is 0 Å². The van der Waals surface area contributed by atoms with E-state index in [9.17, 15) is 4.79 Å². The van der Waals surface area contributed by atoms with Crippen LogP contribution in [0.2, 0.25) is 0 Å². The average molecular weight is 396 g/mol. The first kappa shape index (κ1) is 19.1. The normalized spacial score (nSPS) is 10.3. The Morgan fingerprint density at radius 1 is 0.767 bits per heavy atom. The zero-order valence-corrected chi connectivity index (χ0v) is 16.2. The summed E-state index contributed by atoms with van der Waals surface area (Å²) in [7, 11) is 0. The number of aromatic nitrogens is 2. The van der Waals surface area contributed by atoms with E-state index in [4.69, 9.17) is 4.74 Å². The number of hydrogen-bond donors (Lipinski definition) is 2. The summed E-state index contributed by atoms with van der Waals surface area (Å²) in [5, 5.41) is 5.94. The second kappa shape index (κ2) is 9.34. The molecule has 0 aliphatic heterocycles. The van der Waals surface area contributed by atoms with Crippen LogP contribution in [-0.4, -0.2) is 15.9 Å². The molecule has 1 aromatic heterocycles. The van der Waals surface area contributed by atoms with E-state index in [0.717, 1.165) is 17.0 Å². The van der Waals surface area contributed by atoms with Crippen molar-refractivity contribution in [2.45, 2.75) is 6.61 Å². The maximum atomic E-state index is 12.2. The van der Waals surface area contributed by atoms with Crippen molar-refractivity contribution in [2.75, 3.05) is 10.6 Å². The van der Waals surface area contributed by atoms with Crippen molar-refractivity contribution in [3.05, 3.63) is 109 Å². The van der Waals surface area contributed by atoms with E-state index in [0.29, 0.717) is 18.1 Å². The molecule has 6 nitrogen and oxygen atoms in total. The van der Waals surface area contributed by atoms with Crippen molar-refractivity contribution in [3.8, 4) is 5.75 Å². The SMILES string of the molecule is O=C(Nc1ccccc1)c1cnc(Nc2ccc(OCc3ccccc3)cc2)cn1. The highest BCUT2D eigenvalue weighted by atomic mass is 16.5. The van der Waals surface area contributed by atoms with E-state index in [-0.39, 0.29) is 11.6 Å². The number of nitrogens with zero attached hydrogens (tertiary/aromatic N) is 2. The van der Waals surface area contributed by atoms with Gasteiger partial charge in [-0.15, -0.1) is 0 Å². The van der Waals surface area contributed by atoms with Crippen LogP contribution < -0.4 is 15.4 Å². The number of nitrogens with one attached hydrogen (secondary N) is 2. The third-order valence-corrected chi connectivity index (χ3v) is 4.29. The minimum absolute atomic E-state index is 0.245.